The van der Waals surface area contributed by atoms with Crippen molar-refractivity contribution >= 4 is 40.5 Å². The summed E-state index contributed by atoms with van der Waals surface area (Å²) in [5.74, 6) is 0.0369. The number of anilines is 2. The number of carbonyl (C=O) groups excluding carboxylic acids is 4. The van der Waals surface area contributed by atoms with E-state index in [4.69, 9.17) is 0 Å². The second-order valence-corrected chi connectivity index (χ2v) is 11.6. The standard InChI is InChI=1S/C21H27NO3.C14H13NO/c1-15(2)7-5-6-14-21(3,4)20(25)16-8-10-17(11-9-16)22-18(23)12-13-19(22)24;1-10(2)12-5-7-13(8-6-12)15-11(3)4-9-14(15)16/h8-13,15H,5-7,14H2,1-4H3;4-9H,1,3H2,2H3. The number of hydrogen-bond donors (Lipinski definition) is 0. The number of unbranched alkanes of at least 4 members (excludes halogenated alkanes) is 1. The molecule has 2 aliphatic heterocycles. The van der Waals surface area contributed by atoms with E-state index in [1.807, 2.05) is 45.0 Å². The summed E-state index contributed by atoms with van der Waals surface area (Å²) in [5, 5.41) is 0. The Labute approximate surface area is 243 Å². The molecule has 0 fully saturated rings. The van der Waals surface area contributed by atoms with E-state index < -0.39 is 5.41 Å². The fourth-order valence-electron chi connectivity index (χ4n) is 4.69. The molecular weight excluding hydrogens is 512 g/mol. The van der Waals surface area contributed by atoms with E-state index in [0.29, 0.717) is 22.9 Å². The van der Waals surface area contributed by atoms with E-state index in [9.17, 15) is 19.2 Å². The van der Waals surface area contributed by atoms with Crippen LogP contribution in [0.3, 0.4) is 0 Å². The van der Waals surface area contributed by atoms with Crippen molar-refractivity contribution in [3.05, 3.63) is 103 Å². The summed E-state index contributed by atoms with van der Waals surface area (Å²) in [5.41, 5.74) is 4.32. The number of amides is 3. The number of nitrogens with zero attached hydrogens (tertiary/aromatic N) is 2. The minimum atomic E-state index is -0.417. The average Bonchev–Trinajstić information content (AvgIpc) is 3.45. The van der Waals surface area contributed by atoms with Gasteiger partial charge < -0.3 is 0 Å². The van der Waals surface area contributed by atoms with E-state index in [-0.39, 0.29) is 23.5 Å². The summed E-state index contributed by atoms with van der Waals surface area (Å²) in [6, 6.07) is 14.4. The molecule has 6 heteroatoms. The molecule has 2 aliphatic rings. The highest BCUT2D eigenvalue weighted by molar-refractivity contribution is 6.28. The Morgan fingerprint density at radius 1 is 0.756 bits per heavy atom. The monoisotopic (exact) mass is 552 g/mol. The summed E-state index contributed by atoms with van der Waals surface area (Å²) in [4.78, 5) is 50.5. The first-order valence-corrected chi connectivity index (χ1v) is 14.0. The van der Waals surface area contributed by atoms with Crippen LogP contribution in [0.15, 0.2) is 91.7 Å². The average molecular weight is 553 g/mol. The van der Waals surface area contributed by atoms with Gasteiger partial charge >= 0.3 is 0 Å². The third kappa shape index (κ3) is 7.88. The van der Waals surface area contributed by atoms with Crippen molar-refractivity contribution in [2.45, 2.75) is 60.3 Å². The summed E-state index contributed by atoms with van der Waals surface area (Å²) in [6.45, 7) is 18.0. The third-order valence-corrected chi connectivity index (χ3v) is 7.19. The SMILES string of the molecule is C=C(C)c1ccc(N2C(=C)C=CC2=O)cc1.CC(C)CCCCC(C)(C)C(=O)c1ccc(N2C(=O)C=CC2=O)cc1. The van der Waals surface area contributed by atoms with Crippen molar-refractivity contribution < 1.29 is 19.2 Å². The van der Waals surface area contributed by atoms with Crippen molar-refractivity contribution in [1.29, 1.82) is 0 Å². The molecule has 41 heavy (non-hydrogen) atoms. The number of ketones is 1. The van der Waals surface area contributed by atoms with E-state index in [0.717, 1.165) is 41.0 Å². The number of rotatable bonds is 10. The molecular formula is C35H40N2O4. The molecule has 0 bridgehead atoms. The lowest BCUT2D eigenvalue weighted by Crippen LogP contribution is -2.29. The molecule has 0 N–H and O–H groups in total. The fraction of sp³-hybridized carbons (Fsp3) is 0.314. The predicted octanol–water partition coefficient (Wildman–Crippen LogP) is 7.68. The quantitative estimate of drug-likeness (QED) is 0.172. The van der Waals surface area contributed by atoms with Crippen LogP contribution in [0.4, 0.5) is 11.4 Å². The van der Waals surface area contributed by atoms with Gasteiger partial charge in [-0.05, 0) is 67.3 Å². The molecule has 3 amide bonds. The summed E-state index contributed by atoms with van der Waals surface area (Å²) < 4.78 is 0. The number of hydrogen-bond acceptors (Lipinski definition) is 4. The van der Waals surface area contributed by atoms with Gasteiger partial charge in [0, 0.05) is 40.6 Å². The molecule has 2 aromatic carbocycles. The Balaban J connectivity index is 0.000000248. The second-order valence-electron chi connectivity index (χ2n) is 11.6. The molecule has 0 unspecified atom stereocenters. The number of allylic oxidation sites excluding steroid dienone is 2. The zero-order valence-corrected chi connectivity index (χ0v) is 24.8. The molecule has 6 nitrogen and oxygen atoms in total. The second kappa shape index (κ2) is 13.4. The Hall–Kier alpha value is -4.32. The first-order valence-electron chi connectivity index (χ1n) is 14.0. The van der Waals surface area contributed by atoms with Crippen molar-refractivity contribution in [3.63, 3.8) is 0 Å². The lowest BCUT2D eigenvalue weighted by molar-refractivity contribution is -0.120. The first-order chi connectivity index (χ1) is 19.3. The molecule has 0 saturated heterocycles. The summed E-state index contributed by atoms with van der Waals surface area (Å²) in [6.07, 6.45) is 9.96. The molecule has 4 rings (SSSR count). The van der Waals surface area contributed by atoms with Crippen LogP contribution in [0, 0.1) is 11.3 Å². The van der Waals surface area contributed by atoms with Gasteiger partial charge in [0.25, 0.3) is 17.7 Å². The van der Waals surface area contributed by atoms with Gasteiger partial charge in [0.15, 0.2) is 5.78 Å². The van der Waals surface area contributed by atoms with Gasteiger partial charge in [0.2, 0.25) is 0 Å². The molecule has 2 aromatic rings. The molecule has 0 radical (unpaired) electrons. The van der Waals surface area contributed by atoms with Crippen molar-refractivity contribution in [1.82, 2.24) is 0 Å². The van der Waals surface area contributed by atoms with E-state index in [1.54, 1.807) is 35.2 Å². The molecule has 0 aliphatic carbocycles. The van der Waals surface area contributed by atoms with Gasteiger partial charge in [-0.25, -0.2) is 4.90 Å². The van der Waals surface area contributed by atoms with Crippen LogP contribution in [-0.4, -0.2) is 23.5 Å². The maximum absolute atomic E-state index is 12.8. The van der Waals surface area contributed by atoms with Crippen LogP contribution < -0.4 is 9.80 Å². The number of imide groups is 1. The van der Waals surface area contributed by atoms with Gasteiger partial charge in [-0.15, -0.1) is 0 Å². The highest BCUT2D eigenvalue weighted by Crippen LogP contribution is 2.30. The van der Waals surface area contributed by atoms with Crippen LogP contribution in [-0.2, 0) is 14.4 Å². The lowest BCUT2D eigenvalue weighted by Gasteiger charge is -2.23. The molecule has 0 aromatic heterocycles. The molecule has 0 saturated carbocycles. The van der Waals surface area contributed by atoms with Crippen LogP contribution in [0.2, 0.25) is 0 Å². The van der Waals surface area contributed by atoms with Gasteiger partial charge in [-0.2, -0.15) is 0 Å². The van der Waals surface area contributed by atoms with Crippen LogP contribution in [0.25, 0.3) is 5.57 Å². The van der Waals surface area contributed by atoms with Crippen LogP contribution in [0.5, 0.6) is 0 Å². The van der Waals surface area contributed by atoms with Crippen LogP contribution in [0.1, 0.15) is 76.2 Å². The molecule has 214 valence electrons. The van der Waals surface area contributed by atoms with Gasteiger partial charge in [-0.3, -0.25) is 24.1 Å². The van der Waals surface area contributed by atoms with Crippen LogP contribution >= 0.6 is 0 Å². The lowest BCUT2D eigenvalue weighted by atomic mass is 9.79. The maximum Gasteiger partial charge on any atom is 0.258 e. The number of benzene rings is 2. The molecule has 0 atom stereocenters. The van der Waals surface area contributed by atoms with E-state index >= 15 is 0 Å². The highest BCUT2D eigenvalue weighted by Gasteiger charge is 2.29. The minimum absolute atomic E-state index is 0.0481. The van der Waals surface area contributed by atoms with E-state index in [1.165, 1.54) is 24.6 Å². The number of Topliss-reactive ketones (excluding diaryl/α,β-unsaturated/α-hetero) is 1. The predicted molar refractivity (Wildman–Crippen MR) is 166 cm³/mol. The van der Waals surface area contributed by atoms with Gasteiger partial charge in [0.05, 0.1) is 5.69 Å². The topological polar surface area (TPSA) is 74.8 Å². The molecule has 0 spiro atoms. The van der Waals surface area contributed by atoms with Gasteiger partial charge in [0.1, 0.15) is 0 Å². The summed E-state index contributed by atoms with van der Waals surface area (Å²) in [7, 11) is 0. The highest BCUT2D eigenvalue weighted by atomic mass is 16.2. The Morgan fingerprint density at radius 3 is 1.68 bits per heavy atom. The van der Waals surface area contributed by atoms with Crippen molar-refractivity contribution in [3.8, 4) is 0 Å². The van der Waals surface area contributed by atoms with Crippen molar-refractivity contribution in [2.24, 2.45) is 11.3 Å². The molecule has 2 heterocycles. The minimum Gasteiger partial charge on any atom is -0.294 e. The third-order valence-electron chi connectivity index (χ3n) is 7.19. The zero-order valence-electron chi connectivity index (χ0n) is 24.8. The smallest absolute Gasteiger partial charge is 0.258 e. The maximum atomic E-state index is 12.8. The zero-order chi connectivity index (χ0) is 30.3. The van der Waals surface area contributed by atoms with E-state index in [2.05, 4.69) is 27.0 Å². The van der Waals surface area contributed by atoms with Crippen molar-refractivity contribution in [2.75, 3.05) is 9.80 Å². The fourth-order valence-corrected chi connectivity index (χ4v) is 4.69. The Kier molecular flexibility index (Phi) is 10.2. The Morgan fingerprint density at radius 2 is 1.22 bits per heavy atom. The number of carbonyl (C=O) groups is 4. The largest absolute Gasteiger partial charge is 0.294 e. The summed E-state index contributed by atoms with van der Waals surface area (Å²) >= 11 is 0. The normalized spacial score (nSPS) is 14.7. The Bertz CT molecular complexity index is 1360. The first kappa shape index (κ1) is 31.2. The van der Waals surface area contributed by atoms with Gasteiger partial charge in [-0.1, -0.05) is 77.8 Å².